The lowest BCUT2D eigenvalue weighted by Gasteiger charge is -2.17. The molecule has 8 nitrogen and oxygen atoms in total. The van der Waals surface area contributed by atoms with Crippen LogP contribution in [-0.4, -0.2) is 50.8 Å². The Bertz CT molecular complexity index is 1420. The van der Waals surface area contributed by atoms with Crippen LogP contribution in [0.5, 0.6) is 5.75 Å². The van der Waals surface area contributed by atoms with Crippen LogP contribution in [0.3, 0.4) is 0 Å². The average molecular weight is 439 g/mol. The van der Waals surface area contributed by atoms with Crippen LogP contribution in [0.25, 0.3) is 21.8 Å². The number of ether oxygens (including phenoxy) is 1. The molecular formula is C22H21N3O5S. The number of fused-ring (bicyclic) bond motifs is 4. The number of carbonyl (C=O) groups excluding carboxylic acids is 1. The van der Waals surface area contributed by atoms with Gasteiger partial charge in [0.2, 0.25) is 0 Å². The van der Waals surface area contributed by atoms with Crippen LogP contribution in [0.4, 0.5) is 5.69 Å². The first-order chi connectivity index (χ1) is 14.8. The number of benzene rings is 2. The lowest BCUT2D eigenvalue weighted by Crippen LogP contribution is -2.31. The summed E-state index contributed by atoms with van der Waals surface area (Å²) in [4.78, 5) is 21.5. The zero-order valence-electron chi connectivity index (χ0n) is 17.0. The Balaban J connectivity index is 1.54. The fourth-order valence-corrected chi connectivity index (χ4v) is 4.66. The minimum atomic E-state index is -3.60. The molecule has 1 aliphatic rings. The molecule has 0 bridgehead atoms. The minimum absolute atomic E-state index is 0.0240. The van der Waals surface area contributed by atoms with Gasteiger partial charge < -0.3 is 19.6 Å². The molecule has 1 atom stereocenters. The molecule has 1 amide bonds. The highest BCUT2D eigenvalue weighted by atomic mass is 32.2. The summed E-state index contributed by atoms with van der Waals surface area (Å²) in [6.07, 6.45) is 2.86. The molecule has 4 aromatic rings. The molecule has 2 aromatic heterocycles. The lowest BCUT2D eigenvalue weighted by atomic mass is 9.98. The van der Waals surface area contributed by atoms with Crippen LogP contribution in [0.15, 0.2) is 48.7 Å². The Hall–Kier alpha value is -3.30. The van der Waals surface area contributed by atoms with E-state index in [-0.39, 0.29) is 18.4 Å². The third-order valence-corrected chi connectivity index (χ3v) is 6.21. The second-order valence-electron chi connectivity index (χ2n) is 7.67. The normalized spacial score (nSPS) is 16.2. The van der Waals surface area contributed by atoms with Gasteiger partial charge in [-0.15, -0.1) is 0 Å². The largest absolute Gasteiger partial charge is 0.497 e. The number of H-pyrrole nitrogens is 2. The number of amides is 1. The molecule has 1 aliphatic heterocycles. The van der Waals surface area contributed by atoms with E-state index in [1.807, 2.05) is 42.6 Å². The molecule has 0 spiro atoms. The highest BCUT2D eigenvalue weighted by Crippen LogP contribution is 2.42. The number of aromatic amines is 2. The van der Waals surface area contributed by atoms with Crippen LogP contribution >= 0.6 is 0 Å². The van der Waals surface area contributed by atoms with E-state index in [4.69, 9.17) is 8.92 Å². The van der Waals surface area contributed by atoms with Crippen molar-refractivity contribution in [1.82, 2.24) is 9.97 Å². The van der Waals surface area contributed by atoms with E-state index < -0.39 is 10.1 Å². The molecule has 3 heterocycles. The van der Waals surface area contributed by atoms with Crippen LogP contribution in [0, 0.1) is 0 Å². The maximum Gasteiger partial charge on any atom is 0.274 e. The van der Waals surface area contributed by atoms with Crippen molar-refractivity contribution >= 4 is 43.5 Å². The summed E-state index contributed by atoms with van der Waals surface area (Å²) in [6, 6.07) is 13.1. The lowest BCUT2D eigenvalue weighted by molar-refractivity contribution is 0.0983. The van der Waals surface area contributed by atoms with Crippen LogP contribution in [0.2, 0.25) is 0 Å². The van der Waals surface area contributed by atoms with Crippen molar-refractivity contribution in [3.63, 3.8) is 0 Å². The summed E-state index contributed by atoms with van der Waals surface area (Å²) < 4.78 is 33.5. The number of hydrogen-bond acceptors (Lipinski definition) is 5. The Morgan fingerprint density at radius 3 is 2.74 bits per heavy atom. The molecule has 0 radical (unpaired) electrons. The standard InChI is InChI=1S/C22H21N3O5S/c1-29-15-3-4-17-13(9-15)10-19(24-17)22(26)25-11-14(12-30-31(2,27)28)21-16-7-8-23-18(16)5-6-20(21)25/h3-10,14,23-24H,11-12H2,1-2H3. The van der Waals surface area contributed by atoms with Gasteiger partial charge >= 0.3 is 0 Å². The van der Waals surface area contributed by atoms with E-state index in [2.05, 4.69) is 9.97 Å². The highest BCUT2D eigenvalue weighted by molar-refractivity contribution is 7.85. The van der Waals surface area contributed by atoms with Gasteiger partial charge in [0.05, 0.1) is 20.0 Å². The number of hydrogen-bond donors (Lipinski definition) is 2. The Morgan fingerprint density at radius 1 is 1.16 bits per heavy atom. The highest BCUT2D eigenvalue weighted by Gasteiger charge is 2.35. The van der Waals surface area contributed by atoms with Crippen molar-refractivity contribution in [2.45, 2.75) is 5.92 Å². The number of nitrogens with one attached hydrogen (secondary N) is 2. The van der Waals surface area contributed by atoms with Gasteiger partial charge in [-0.3, -0.25) is 8.98 Å². The predicted octanol–water partition coefficient (Wildman–Crippen LogP) is 3.38. The molecule has 0 fully saturated rings. The fraction of sp³-hybridized carbons (Fsp3) is 0.227. The third kappa shape index (κ3) is 3.45. The summed E-state index contributed by atoms with van der Waals surface area (Å²) >= 11 is 0. The van der Waals surface area contributed by atoms with Gasteiger partial charge in [-0.05, 0) is 48.0 Å². The molecular weight excluding hydrogens is 418 g/mol. The maximum atomic E-state index is 13.5. The van der Waals surface area contributed by atoms with E-state index >= 15 is 0 Å². The fourth-order valence-electron chi connectivity index (χ4n) is 4.25. The van der Waals surface area contributed by atoms with E-state index in [0.717, 1.165) is 39.3 Å². The van der Waals surface area contributed by atoms with E-state index in [1.165, 1.54) is 0 Å². The van der Waals surface area contributed by atoms with Gasteiger partial charge in [0.25, 0.3) is 16.0 Å². The van der Waals surface area contributed by atoms with Gasteiger partial charge in [-0.2, -0.15) is 8.42 Å². The van der Waals surface area contributed by atoms with Gasteiger partial charge in [0.15, 0.2) is 0 Å². The van der Waals surface area contributed by atoms with Crippen LogP contribution in [0.1, 0.15) is 22.0 Å². The first kappa shape index (κ1) is 19.7. The molecule has 2 N–H and O–H groups in total. The number of anilines is 1. The monoisotopic (exact) mass is 439 g/mol. The zero-order valence-corrected chi connectivity index (χ0v) is 17.8. The van der Waals surface area contributed by atoms with Crippen LogP contribution in [-0.2, 0) is 14.3 Å². The topological polar surface area (TPSA) is 104 Å². The van der Waals surface area contributed by atoms with E-state index in [9.17, 15) is 13.2 Å². The SMILES string of the molecule is COc1ccc2[nH]c(C(=O)N3CC(COS(C)(=O)=O)c4c3ccc3[nH]ccc43)cc2c1. The van der Waals surface area contributed by atoms with Crippen molar-refractivity contribution < 1.29 is 22.1 Å². The van der Waals surface area contributed by atoms with Gasteiger partial charge in [0.1, 0.15) is 11.4 Å². The second-order valence-corrected chi connectivity index (χ2v) is 9.32. The van der Waals surface area contributed by atoms with Crippen molar-refractivity contribution in [2.24, 2.45) is 0 Å². The molecule has 31 heavy (non-hydrogen) atoms. The molecule has 2 aromatic carbocycles. The molecule has 1 unspecified atom stereocenters. The van der Waals surface area contributed by atoms with Crippen molar-refractivity contribution in [3.05, 3.63) is 59.9 Å². The van der Waals surface area contributed by atoms with Crippen molar-refractivity contribution in [2.75, 3.05) is 31.4 Å². The van der Waals surface area contributed by atoms with Crippen LogP contribution < -0.4 is 9.64 Å². The van der Waals surface area contributed by atoms with E-state index in [1.54, 1.807) is 18.1 Å². The van der Waals surface area contributed by atoms with Gasteiger partial charge in [-0.25, -0.2) is 0 Å². The Kier molecular flexibility index (Phi) is 4.53. The second kappa shape index (κ2) is 7.14. The number of methoxy groups -OCH3 is 1. The third-order valence-electron chi connectivity index (χ3n) is 5.64. The van der Waals surface area contributed by atoms with E-state index in [0.29, 0.717) is 18.0 Å². The van der Waals surface area contributed by atoms with Crippen molar-refractivity contribution in [1.29, 1.82) is 0 Å². The average Bonchev–Trinajstić information content (AvgIpc) is 3.45. The molecule has 0 saturated carbocycles. The summed E-state index contributed by atoms with van der Waals surface area (Å²) in [5, 5.41) is 1.83. The summed E-state index contributed by atoms with van der Waals surface area (Å²) in [6.45, 7) is 0.302. The smallest absolute Gasteiger partial charge is 0.274 e. The molecule has 5 rings (SSSR count). The number of aromatic nitrogens is 2. The summed E-state index contributed by atoms with van der Waals surface area (Å²) in [7, 11) is -2.00. The Labute approximate surface area is 178 Å². The molecule has 160 valence electrons. The Morgan fingerprint density at radius 2 is 1.97 bits per heavy atom. The number of rotatable bonds is 5. The quantitative estimate of drug-likeness (QED) is 0.464. The molecule has 0 aliphatic carbocycles. The van der Waals surface area contributed by atoms with Gasteiger partial charge in [-0.1, -0.05) is 0 Å². The summed E-state index contributed by atoms with van der Waals surface area (Å²) in [5.74, 6) is 0.260. The first-order valence-electron chi connectivity index (χ1n) is 9.77. The predicted molar refractivity (Wildman–Crippen MR) is 118 cm³/mol. The summed E-state index contributed by atoms with van der Waals surface area (Å²) in [5.41, 5.74) is 3.88. The molecule has 0 saturated heterocycles. The first-order valence-corrected chi connectivity index (χ1v) is 11.6. The van der Waals surface area contributed by atoms with Crippen molar-refractivity contribution in [3.8, 4) is 5.75 Å². The molecule has 9 heteroatoms. The minimum Gasteiger partial charge on any atom is -0.497 e. The van der Waals surface area contributed by atoms with Gasteiger partial charge in [0, 0.05) is 46.2 Å². The zero-order chi connectivity index (χ0) is 21.8. The number of nitrogens with zero attached hydrogens (tertiary/aromatic N) is 1. The maximum absolute atomic E-state index is 13.5. The number of carbonyl (C=O) groups is 1.